The van der Waals surface area contributed by atoms with Crippen molar-refractivity contribution < 1.29 is 27.5 Å². The Morgan fingerprint density at radius 2 is 1.85 bits per heavy atom. The molecule has 0 saturated carbocycles. The molecule has 2 rings (SSSR count). The topological polar surface area (TPSA) is 119 Å². The van der Waals surface area contributed by atoms with Crippen LogP contribution < -0.4 is 10.9 Å². The van der Waals surface area contributed by atoms with Crippen molar-refractivity contribution in [2.24, 2.45) is 5.92 Å². The lowest BCUT2D eigenvalue weighted by Gasteiger charge is -2.12. The van der Waals surface area contributed by atoms with Gasteiger partial charge in [-0.15, -0.1) is 11.8 Å². The van der Waals surface area contributed by atoms with E-state index in [9.17, 15) is 22.8 Å². The molecule has 0 aromatic heterocycles. The number of hydrogen-bond donors (Lipinski definition) is 2. The molecule has 0 bridgehead atoms. The van der Waals surface area contributed by atoms with Gasteiger partial charge in [-0.1, -0.05) is 18.2 Å². The number of carbonyl (C=O) groups excluding carboxylic acids is 3. The van der Waals surface area contributed by atoms with E-state index in [1.165, 1.54) is 11.8 Å². The van der Waals surface area contributed by atoms with Crippen LogP contribution in [0.3, 0.4) is 0 Å². The van der Waals surface area contributed by atoms with E-state index in [0.717, 1.165) is 4.90 Å². The molecule has 27 heavy (non-hydrogen) atoms. The minimum atomic E-state index is -3.05. The first-order chi connectivity index (χ1) is 12.7. The van der Waals surface area contributed by atoms with Crippen LogP contribution in [0.4, 0.5) is 0 Å². The Kier molecular flexibility index (Phi) is 7.66. The number of hydrogen-bond acceptors (Lipinski definition) is 7. The van der Waals surface area contributed by atoms with E-state index in [1.54, 1.807) is 6.92 Å². The number of amides is 2. The molecule has 2 atom stereocenters. The number of ether oxygens (including phenoxy) is 1. The molecule has 2 N–H and O–H groups in total. The fourth-order valence-corrected chi connectivity index (χ4v) is 5.28. The third-order valence-electron chi connectivity index (χ3n) is 3.88. The highest BCUT2D eigenvalue weighted by Crippen LogP contribution is 2.23. The van der Waals surface area contributed by atoms with E-state index >= 15 is 0 Å². The van der Waals surface area contributed by atoms with Gasteiger partial charge in [0, 0.05) is 11.3 Å². The van der Waals surface area contributed by atoms with Crippen molar-refractivity contribution in [1.29, 1.82) is 0 Å². The molecule has 1 fully saturated rings. The number of hydrazine groups is 1. The summed E-state index contributed by atoms with van der Waals surface area (Å²) in [7, 11) is -3.05. The van der Waals surface area contributed by atoms with Crippen LogP contribution in [0.25, 0.3) is 0 Å². The monoisotopic (exact) mass is 414 g/mol. The fraction of sp³-hybridized carbons (Fsp3) is 0.471. The second-order valence-corrected chi connectivity index (χ2v) is 9.89. The minimum absolute atomic E-state index is 0.0110. The zero-order chi connectivity index (χ0) is 19.9. The molecule has 148 valence electrons. The van der Waals surface area contributed by atoms with Gasteiger partial charge >= 0.3 is 5.97 Å². The second-order valence-electron chi connectivity index (χ2n) is 6.25. The number of sulfone groups is 1. The highest BCUT2D eigenvalue weighted by molar-refractivity contribution is 8.00. The number of esters is 1. The Morgan fingerprint density at radius 3 is 2.48 bits per heavy atom. The number of rotatable bonds is 7. The van der Waals surface area contributed by atoms with Crippen molar-refractivity contribution in [2.45, 2.75) is 29.9 Å². The third kappa shape index (κ3) is 7.59. The van der Waals surface area contributed by atoms with E-state index in [0.29, 0.717) is 6.42 Å². The van der Waals surface area contributed by atoms with Gasteiger partial charge in [-0.3, -0.25) is 25.2 Å². The standard InChI is InChI=1S/C17H22N2O6S2/c1-12(26-14-5-3-2-4-6-14)17(22)25-10-16(21)19-18-15(20)9-13-7-8-27(23,24)11-13/h2-6,12-13H,7-11H2,1H3,(H,18,20)(H,19,21)/t12-,13+/m0/s1. The smallest absolute Gasteiger partial charge is 0.319 e. The Morgan fingerprint density at radius 1 is 1.19 bits per heavy atom. The first-order valence-corrected chi connectivity index (χ1v) is 11.1. The van der Waals surface area contributed by atoms with Gasteiger partial charge in [0.25, 0.3) is 5.91 Å². The maximum absolute atomic E-state index is 11.9. The van der Waals surface area contributed by atoms with E-state index in [1.807, 2.05) is 30.3 Å². The van der Waals surface area contributed by atoms with Crippen LogP contribution in [0.2, 0.25) is 0 Å². The summed E-state index contributed by atoms with van der Waals surface area (Å²) >= 11 is 1.31. The Balaban J connectivity index is 1.63. The molecule has 0 unspecified atom stereocenters. The van der Waals surface area contributed by atoms with Crippen LogP contribution in [0.15, 0.2) is 35.2 Å². The van der Waals surface area contributed by atoms with Crippen LogP contribution >= 0.6 is 11.8 Å². The largest absolute Gasteiger partial charge is 0.455 e. The third-order valence-corrected chi connectivity index (χ3v) is 6.80. The molecule has 1 aliphatic heterocycles. The van der Waals surface area contributed by atoms with Crippen molar-refractivity contribution in [3.63, 3.8) is 0 Å². The average Bonchev–Trinajstić information content (AvgIpc) is 2.97. The molecule has 1 saturated heterocycles. The molecule has 1 heterocycles. The minimum Gasteiger partial charge on any atom is -0.455 e. The van der Waals surface area contributed by atoms with Crippen molar-refractivity contribution >= 4 is 39.4 Å². The van der Waals surface area contributed by atoms with E-state index in [-0.39, 0.29) is 23.8 Å². The molecular weight excluding hydrogens is 392 g/mol. The van der Waals surface area contributed by atoms with Crippen LogP contribution in [0, 0.1) is 5.92 Å². The highest BCUT2D eigenvalue weighted by atomic mass is 32.2. The summed E-state index contributed by atoms with van der Waals surface area (Å²) in [5.74, 6) is -1.85. The number of benzene rings is 1. The summed E-state index contributed by atoms with van der Waals surface area (Å²) in [5.41, 5.74) is 4.35. The summed E-state index contributed by atoms with van der Waals surface area (Å²) in [6.07, 6.45) is 0.461. The molecule has 2 amide bonds. The molecule has 0 spiro atoms. The number of thioether (sulfide) groups is 1. The Bertz CT molecular complexity index is 782. The van der Waals surface area contributed by atoms with Crippen molar-refractivity contribution in [3.8, 4) is 0 Å². The number of carbonyl (C=O) groups is 3. The van der Waals surface area contributed by atoms with Crippen LogP contribution in [-0.4, -0.2) is 49.6 Å². The highest BCUT2D eigenvalue weighted by Gasteiger charge is 2.29. The molecule has 1 aromatic carbocycles. The second kappa shape index (κ2) is 9.75. The lowest BCUT2D eigenvalue weighted by atomic mass is 10.1. The predicted octanol–water partition coefficient (Wildman–Crippen LogP) is 0.683. The van der Waals surface area contributed by atoms with Gasteiger partial charge in [-0.25, -0.2) is 8.42 Å². The molecule has 1 aliphatic rings. The van der Waals surface area contributed by atoms with Crippen molar-refractivity contribution in [2.75, 3.05) is 18.1 Å². The van der Waals surface area contributed by atoms with E-state index in [4.69, 9.17) is 4.74 Å². The Hall–Kier alpha value is -2.07. The van der Waals surface area contributed by atoms with Gasteiger partial charge < -0.3 is 4.74 Å². The normalized spacial score (nSPS) is 19.1. The summed E-state index contributed by atoms with van der Waals surface area (Å²) < 4.78 is 27.6. The van der Waals surface area contributed by atoms with Crippen LogP contribution in [-0.2, 0) is 29.0 Å². The van der Waals surface area contributed by atoms with Gasteiger partial charge in [-0.05, 0) is 31.4 Å². The van der Waals surface area contributed by atoms with Gasteiger partial charge in [0.1, 0.15) is 5.25 Å². The molecule has 10 heteroatoms. The number of nitrogens with one attached hydrogen (secondary N) is 2. The first kappa shape index (κ1) is 21.2. The Labute approximate surface area is 162 Å². The van der Waals surface area contributed by atoms with Crippen LogP contribution in [0.5, 0.6) is 0 Å². The quantitative estimate of drug-likeness (QED) is 0.383. The molecular formula is C17H22N2O6S2. The summed E-state index contributed by atoms with van der Waals surface area (Å²) in [6.45, 7) is 1.16. The van der Waals surface area contributed by atoms with Gasteiger partial charge in [-0.2, -0.15) is 0 Å². The maximum atomic E-state index is 11.9. The van der Waals surface area contributed by atoms with Crippen LogP contribution in [0.1, 0.15) is 19.8 Å². The van der Waals surface area contributed by atoms with Crippen molar-refractivity contribution in [3.05, 3.63) is 30.3 Å². The van der Waals surface area contributed by atoms with Crippen molar-refractivity contribution in [1.82, 2.24) is 10.9 Å². The lowest BCUT2D eigenvalue weighted by Crippen LogP contribution is -2.44. The molecule has 1 aromatic rings. The fourth-order valence-electron chi connectivity index (χ4n) is 2.53. The average molecular weight is 415 g/mol. The summed E-state index contributed by atoms with van der Waals surface area (Å²) in [4.78, 5) is 36.2. The zero-order valence-electron chi connectivity index (χ0n) is 14.8. The SMILES string of the molecule is C[C@H](Sc1ccccc1)C(=O)OCC(=O)NNC(=O)C[C@H]1CCS(=O)(=O)C1. The molecule has 0 aliphatic carbocycles. The van der Waals surface area contributed by atoms with Gasteiger partial charge in [0.05, 0.1) is 11.5 Å². The predicted molar refractivity (Wildman–Crippen MR) is 100 cm³/mol. The molecule has 8 nitrogen and oxygen atoms in total. The first-order valence-electron chi connectivity index (χ1n) is 8.41. The van der Waals surface area contributed by atoms with Gasteiger partial charge in [0.2, 0.25) is 5.91 Å². The zero-order valence-corrected chi connectivity index (χ0v) is 16.5. The van der Waals surface area contributed by atoms with E-state index in [2.05, 4.69) is 10.9 Å². The summed E-state index contributed by atoms with van der Waals surface area (Å²) in [6, 6.07) is 9.32. The maximum Gasteiger partial charge on any atom is 0.319 e. The molecule has 0 radical (unpaired) electrons. The van der Waals surface area contributed by atoms with Gasteiger partial charge in [0.15, 0.2) is 16.4 Å². The van der Waals surface area contributed by atoms with E-state index < -0.39 is 39.5 Å². The lowest BCUT2D eigenvalue weighted by molar-refractivity contribution is -0.148. The summed E-state index contributed by atoms with van der Waals surface area (Å²) in [5, 5.41) is -0.487.